The minimum Gasteiger partial charge on any atom is -0.0683 e. The second-order valence-electron chi connectivity index (χ2n) is 0. The molecule has 0 bridgehead atoms. The van der Waals surface area contributed by atoms with Gasteiger partial charge < -0.3 is 0 Å². The van der Waals surface area contributed by atoms with Crippen LogP contribution < -0.4 is 0 Å². The number of hydrogen-bond acceptors (Lipinski definition) is 0. The molecule has 0 aromatic rings. The SMILES string of the molecule is CC.CC.CC.CC.CC.CC.CC.CC.CC.CC.CC.CC.CC.CC.CC.CC.CC.CC.CC.CC.CC.CC.CC.CC.CC.CC.CC.CC.CC.CC. The maximum Gasteiger partial charge on any atom is -0.0683 e. The van der Waals surface area contributed by atoms with Crippen LogP contribution in [0.4, 0.5) is 0 Å². The highest BCUT2D eigenvalue weighted by atomic mass is 13.1. The van der Waals surface area contributed by atoms with Crippen molar-refractivity contribution in [1.82, 2.24) is 0 Å². The molecule has 0 saturated heterocycles. The molecule has 420 valence electrons. The van der Waals surface area contributed by atoms with Crippen LogP contribution >= 0.6 is 0 Å². The Hall–Kier alpha value is 0. The summed E-state index contributed by atoms with van der Waals surface area (Å²) < 4.78 is 0. The fourth-order valence-corrected chi connectivity index (χ4v) is 0. The molecule has 0 atom stereocenters. The highest BCUT2D eigenvalue weighted by Crippen LogP contribution is 1.20. The van der Waals surface area contributed by atoms with Crippen LogP contribution in [-0.4, -0.2) is 0 Å². The Labute approximate surface area is 413 Å². The van der Waals surface area contributed by atoms with Crippen LogP contribution in [0.1, 0.15) is 415 Å². The average Bonchev–Trinajstić information content (AvgIpc) is 3.50. The third kappa shape index (κ3) is 0. The Kier molecular flexibility index (Phi) is 0. The summed E-state index contributed by atoms with van der Waals surface area (Å²) >= 11 is 0. The van der Waals surface area contributed by atoms with Gasteiger partial charge in [-0.25, -0.2) is 0 Å². The van der Waals surface area contributed by atoms with Crippen molar-refractivity contribution < 1.29 is 0 Å². The summed E-state index contributed by atoms with van der Waals surface area (Å²) in [5.74, 6) is 0. The van der Waals surface area contributed by atoms with Gasteiger partial charge in [-0.15, -0.1) is 0 Å². The molecule has 0 saturated carbocycles. The van der Waals surface area contributed by atoms with Crippen LogP contribution in [0, 0.1) is 0 Å². The molecule has 0 spiro atoms. The first-order chi connectivity index (χ1) is 30.0. The van der Waals surface area contributed by atoms with E-state index in [-0.39, 0.29) is 0 Å². The summed E-state index contributed by atoms with van der Waals surface area (Å²) in [6.45, 7) is 120. The van der Waals surface area contributed by atoms with Crippen molar-refractivity contribution in [1.29, 1.82) is 0 Å². The van der Waals surface area contributed by atoms with E-state index >= 15 is 0 Å². The number of hydrogen-bond donors (Lipinski definition) is 0. The molecular weight excluding hydrogens is 721 g/mol. The highest BCUT2D eigenvalue weighted by molar-refractivity contribution is 3.56. The van der Waals surface area contributed by atoms with Crippen molar-refractivity contribution in [2.45, 2.75) is 415 Å². The molecule has 0 aromatic heterocycles. The van der Waals surface area contributed by atoms with E-state index < -0.39 is 0 Å². The summed E-state index contributed by atoms with van der Waals surface area (Å²) in [6, 6.07) is 0. The van der Waals surface area contributed by atoms with Gasteiger partial charge in [0.25, 0.3) is 0 Å². The first kappa shape index (κ1) is 232. The molecule has 0 aliphatic heterocycles. The quantitative estimate of drug-likeness (QED) is 0.227. The smallest absolute Gasteiger partial charge is 0.0683 e. The monoisotopic (exact) mass is 901 g/mol. The first-order valence-electron chi connectivity index (χ1n) is 30.0. The second-order valence-corrected chi connectivity index (χ2v) is 0. The molecule has 0 aromatic carbocycles. The van der Waals surface area contributed by atoms with E-state index in [1.165, 1.54) is 0 Å². The maximum atomic E-state index is 2.00. The van der Waals surface area contributed by atoms with E-state index in [1.54, 1.807) is 0 Å². The van der Waals surface area contributed by atoms with Crippen LogP contribution in [-0.2, 0) is 0 Å². The summed E-state index contributed by atoms with van der Waals surface area (Å²) in [5, 5.41) is 0. The zero-order valence-corrected chi connectivity index (χ0v) is 60.0. The predicted molar refractivity (Wildman–Crippen MR) is 340 cm³/mol. The van der Waals surface area contributed by atoms with Gasteiger partial charge in [0.15, 0.2) is 0 Å². The van der Waals surface area contributed by atoms with Gasteiger partial charge >= 0.3 is 0 Å². The Morgan fingerprint density at radius 1 is 0.0333 bits per heavy atom. The lowest BCUT2D eigenvalue weighted by atomic mass is 11.0. The molecule has 0 nitrogen and oxygen atoms in total. The van der Waals surface area contributed by atoms with E-state index in [0.717, 1.165) is 0 Å². The lowest BCUT2D eigenvalue weighted by Gasteiger charge is -1.07. The summed E-state index contributed by atoms with van der Waals surface area (Å²) in [6.07, 6.45) is 0. The van der Waals surface area contributed by atoms with Gasteiger partial charge in [-0.1, -0.05) is 415 Å². The zero-order chi connectivity index (χ0) is 60.0. The fourth-order valence-electron chi connectivity index (χ4n) is 0. The van der Waals surface area contributed by atoms with Gasteiger partial charge in [0.05, 0.1) is 0 Å². The van der Waals surface area contributed by atoms with Gasteiger partial charge in [0, 0.05) is 0 Å². The third-order valence-corrected chi connectivity index (χ3v) is 0. The molecule has 0 heterocycles. The van der Waals surface area contributed by atoms with Gasteiger partial charge in [-0.3, -0.25) is 0 Å². The topological polar surface area (TPSA) is 0 Å². The molecule has 0 aliphatic rings. The van der Waals surface area contributed by atoms with E-state index in [9.17, 15) is 0 Å². The van der Waals surface area contributed by atoms with Gasteiger partial charge in [-0.2, -0.15) is 0 Å². The molecule has 0 amide bonds. The lowest BCUT2D eigenvalue weighted by Crippen LogP contribution is -0.856. The minimum atomic E-state index is 2.00. The van der Waals surface area contributed by atoms with Crippen LogP contribution in [0.5, 0.6) is 0 Å². The summed E-state index contributed by atoms with van der Waals surface area (Å²) in [7, 11) is 0. The summed E-state index contributed by atoms with van der Waals surface area (Å²) in [4.78, 5) is 0. The van der Waals surface area contributed by atoms with E-state index in [2.05, 4.69) is 0 Å². The zero-order valence-electron chi connectivity index (χ0n) is 60.0. The normalized spacial score (nSPS) is 3.00. The fraction of sp³-hybridized carbons (Fsp3) is 1.00. The average molecular weight is 902 g/mol. The lowest BCUT2D eigenvalue weighted by molar-refractivity contribution is 1.50. The Morgan fingerprint density at radius 2 is 0.0333 bits per heavy atom. The molecular formula is C60H180. The van der Waals surface area contributed by atoms with Crippen LogP contribution in [0.25, 0.3) is 0 Å². The Morgan fingerprint density at radius 3 is 0.0333 bits per heavy atom. The molecule has 0 radical (unpaired) electrons. The van der Waals surface area contributed by atoms with E-state index in [4.69, 9.17) is 0 Å². The van der Waals surface area contributed by atoms with Crippen LogP contribution in [0.3, 0.4) is 0 Å². The minimum absolute atomic E-state index is 2.00. The largest absolute Gasteiger partial charge is 0.0683 e. The van der Waals surface area contributed by atoms with Crippen LogP contribution in [0.15, 0.2) is 0 Å². The Bertz CT molecular complexity index is 0. The van der Waals surface area contributed by atoms with Gasteiger partial charge in [0.1, 0.15) is 0 Å². The molecule has 0 rings (SSSR count). The van der Waals surface area contributed by atoms with Crippen molar-refractivity contribution >= 4 is 0 Å². The Balaban J connectivity index is -0.00000000554. The first-order valence-corrected chi connectivity index (χ1v) is 30.0. The number of rotatable bonds is 0. The maximum absolute atomic E-state index is 2.00. The van der Waals surface area contributed by atoms with Crippen LogP contribution in [0.2, 0.25) is 0 Å². The van der Waals surface area contributed by atoms with Crippen molar-refractivity contribution in [2.75, 3.05) is 0 Å². The highest BCUT2D eigenvalue weighted by Gasteiger charge is 0.990. The third-order valence-electron chi connectivity index (χ3n) is 0. The van der Waals surface area contributed by atoms with E-state index in [1.807, 2.05) is 415 Å². The standard InChI is InChI=1S/30C2H6/c30*1-2/h30*1-2H3. The van der Waals surface area contributed by atoms with Crippen molar-refractivity contribution in [3.8, 4) is 0 Å². The second kappa shape index (κ2) is 0. The molecule has 60 heavy (non-hydrogen) atoms. The molecule has 0 heteroatoms. The molecule has 0 aliphatic carbocycles. The molecule has 0 unspecified atom stereocenters. The van der Waals surface area contributed by atoms with Crippen molar-refractivity contribution in [3.63, 3.8) is 0 Å². The molecule has 0 N–H and O–H groups in total. The molecule has 0 fully saturated rings. The predicted octanol–water partition coefficient (Wildman–Crippen LogP) is 30.8. The van der Waals surface area contributed by atoms with Gasteiger partial charge in [-0.05, 0) is 0 Å². The van der Waals surface area contributed by atoms with Gasteiger partial charge in [0.2, 0.25) is 0 Å². The van der Waals surface area contributed by atoms with E-state index in [0.29, 0.717) is 0 Å². The van der Waals surface area contributed by atoms with Crippen molar-refractivity contribution in [3.05, 3.63) is 0 Å². The summed E-state index contributed by atoms with van der Waals surface area (Å²) in [5.41, 5.74) is 0. The van der Waals surface area contributed by atoms with Crippen molar-refractivity contribution in [2.24, 2.45) is 0 Å².